The van der Waals surface area contributed by atoms with Crippen molar-refractivity contribution in [3.05, 3.63) is 28.8 Å². The highest BCUT2D eigenvalue weighted by Gasteiger charge is 2.25. The zero-order valence-corrected chi connectivity index (χ0v) is 15.1. The first kappa shape index (κ1) is 18.7. The number of ketones is 1. The molecule has 2 rings (SSSR count). The minimum atomic E-state index is -0.485. The largest absolute Gasteiger partial charge is 0.465 e. The van der Waals surface area contributed by atoms with Crippen LogP contribution in [0.5, 0.6) is 0 Å². The second-order valence-corrected chi connectivity index (χ2v) is 6.56. The van der Waals surface area contributed by atoms with Gasteiger partial charge in [0.05, 0.1) is 23.4 Å². The first-order chi connectivity index (χ1) is 11.6. The first-order valence-corrected chi connectivity index (χ1v) is 8.90. The predicted molar refractivity (Wildman–Crippen MR) is 96.4 cm³/mol. The Kier molecular flexibility index (Phi) is 6.98. The summed E-state index contributed by atoms with van der Waals surface area (Å²) in [5.41, 5.74) is 1.72. The van der Waals surface area contributed by atoms with Gasteiger partial charge in [-0.15, -0.1) is 0 Å². The summed E-state index contributed by atoms with van der Waals surface area (Å²) < 4.78 is 4.74. The van der Waals surface area contributed by atoms with Gasteiger partial charge in [0.2, 0.25) is 0 Å². The molecule has 0 amide bonds. The number of aliphatic imine (C=N–C) groups is 1. The molecule has 130 valence electrons. The number of unbranched alkanes of at least 4 members (excludes halogenated alkanes) is 2. The standard InChI is InChI=1S/C19H24ClNO3/c1-3-4-5-7-13-10-11-14(22)12-17(13)21-16-9-6-8-15(18(16)20)19(23)24-2/h6,8-9,13H,3-5,7,10-12H2,1-2H3. The van der Waals surface area contributed by atoms with E-state index in [0.29, 0.717) is 30.0 Å². The Morgan fingerprint density at radius 3 is 2.88 bits per heavy atom. The number of rotatable bonds is 6. The van der Waals surface area contributed by atoms with Crippen LogP contribution in [0.25, 0.3) is 0 Å². The minimum Gasteiger partial charge on any atom is -0.465 e. The van der Waals surface area contributed by atoms with Crippen LogP contribution in [0.4, 0.5) is 5.69 Å². The summed E-state index contributed by atoms with van der Waals surface area (Å²) in [6.07, 6.45) is 6.43. The lowest BCUT2D eigenvalue weighted by molar-refractivity contribution is -0.118. The Labute approximate surface area is 148 Å². The average Bonchev–Trinajstić information content (AvgIpc) is 2.58. The molecule has 1 unspecified atom stereocenters. The number of ether oxygens (including phenoxy) is 1. The fraction of sp³-hybridized carbons (Fsp3) is 0.526. The predicted octanol–water partition coefficient (Wildman–Crippen LogP) is 5.15. The maximum Gasteiger partial charge on any atom is 0.339 e. The van der Waals surface area contributed by atoms with E-state index in [9.17, 15) is 9.59 Å². The molecule has 0 bridgehead atoms. The monoisotopic (exact) mass is 349 g/mol. The van der Waals surface area contributed by atoms with Gasteiger partial charge in [-0.25, -0.2) is 4.79 Å². The highest BCUT2D eigenvalue weighted by molar-refractivity contribution is 6.36. The molecule has 5 heteroatoms. The highest BCUT2D eigenvalue weighted by atomic mass is 35.5. The fourth-order valence-electron chi connectivity index (χ4n) is 3.05. The van der Waals surface area contributed by atoms with Gasteiger partial charge in [-0.05, 0) is 30.9 Å². The maximum atomic E-state index is 11.9. The third-order valence-corrected chi connectivity index (χ3v) is 4.82. The Bertz CT molecular complexity index is 639. The first-order valence-electron chi connectivity index (χ1n) is 8.52. The second kappa shape index (κ2) is 8.97. The Hall–Kier alpha value is -1.68. The molecule has 0 N–H and O–H groups in total. The van der Waals surface area contributed by atoms with Gasteiger partial charge < -0.3 is 4.74 Å². The number of nitrogens with zero attached hydrogens (tertiary/aromatic N) is 1. The average molecular weight is 350 g/mol. The smallest absolute Gasteiger partial charge is 0.339 e. The fourth-order valence-corrected chi connectivity index (χ4v) is 3.29. The molecule has 4 nitrogen and oxygen atoms in total. The van der Waals surface area contributed by atoms with Crippen LogP contribution in [0.15, 0.2) is 23.2 Å². The summed E-state index contributed by atoms with van der Waals surface area (Å²) in [5, 5.41) is 0.280. The van der Waals surface area contributed by atoms with Crippen molar-refractivity contribution >= 4 is 34.8 Å². The number of hydrogen-bond acceptors (Lipinski definition) is 4. The van der Waals surface area contributed by atoms with Gasteiger partial charge in [0, 0.05) is 18.6 Å². The van der Waals surface area contributed by atoms with Crippen LogP contribution < -0.4 is 0 Å². The Balaban J connectivity index is 2.28. The topological polar surface area (TPSA) is 55.7 Å². The van der Waals surface area contributed by atoms with Gasteiger partial charge in [-0.2, -0.15) is 0 Å². The molecule has 1 aliphatic rings. The third-order valence-electron chi connectivity index (χ3n) is 4.43. The number of benzene rings is 1. The number of esters is 1. The van der Waals surface area contributed by atoms with Gasteiger partial charge in [-0.1, -0.05) is 43.9 Å². The summed E-state index contributed by atoms with van der Waals surface area (Å²) in [6, 6.07) is 5.11. The van der Waals surface area contributed by atoms with Crippen LogP contribution in [-0.2, 0) is 9.53 Å². The van der Waals surface area contributed by atoms with E-state index in [-0.39, 0.29) is 10.8 Å². The molecule has 0 radical (unpaired) electrons. The van der Waals surface area contributed by atoms with E-state index in [1.807, 2.05) is 0 Å². The molecule has 24 heavy (non-hydrogen) atoms. The number of Topliss-reactive ketones (excluding diaryl/α,β-unsaturated/α-hetero) is 1. The SMILES string of the molecule is CCCCCC1CCC(=O)CC1=Nc1cccc(C(=O)OC)c1Cl. The molecule has 0 saturated heterocycles. The number of carbonyl (C=O) groups is 2. The summed E-state index contributed by atoms with van der Waals surface area (Å²) in [4.78, 5) is 28.3. The lowest BCUT2D eigenvalue weighted by atomic mass is 9.83. The minimum absolute atomic E-state index is 0.223. The molecule has 1 fully saturated rings. The van der Waals surface area contributed by atoms with E-state index in [1.165, 1.54) is 20.0 Å². The van der Waals surface area contributed by atoms with Crippen LogP contribution in [0, 0.1) is 5.92 Å². The normalized spacial score (nSPS) is 19.5. The van der Waals surface area contributed by atoms with Crippen molar-refractivity contribution in [2.75, 3.05) is 7.11 Å². The molecule has 0 aliphatic heterocycles. The highest BCUT2D eigenvalue weighted by Crippen LogP contribution is 2.32. The lowest BCUT2D eigenvalue weighted by Gasteiger charge is -2.23. The molecule has 1 atom stereocenters. The lowest BCUT2D eigenvalue weighted by Crippen LogP contribution is -2.25. The summed E-state index contributed by atoms with van der Waals surface area (Å²) >= 11 is 6.32. The van der Waals surface area contributed by atoms with Crippen molar-refractivity contribution in [3.8, 4) is 0 Å². The summed E-state index contributed by atoms with van der Waals surface area (Å²) in [7, 11) is 1.32. The van der Waals surface area contributed by atoms with Crippen molar-refractivity contribution in [2.24, 2.45) is 10.9 Å². The Morgan fingerprint density at radius 1 is 1.38 bits per heavy atom. The van der Waals surface area contributed by atoms with E-state index in [1.54, 1.807) is 18.2 Å². The molecule has 0 aromatic heterocycles. The number of methoxy groups -OCH3 is 1. The number of halogens is 1. The molecule has 1 aromatic carbocycles. The van der Waals surface area contributed by atoms with Crippen LogP contribution in [-0.4, -0.2) is 24.6 Å². The van der Waals surface area contributed by atoms with E-state index < -0.39 is 5.97 Å². The van der Waals surface area contributed by atoms with Crippen LogP contribution in [0.1, 0.15) is 62.2 Å². The quantitative estimate of drug-likeness (QED) is 0.527. The molecular weight excluding hydrogens is 326 g/mol. The zero-order chi connectivity index (χ0) is 17.5. The molecule has 0 heterocycles. The third kappa shape index (κ3) is 4.67. The van der Waals surface area contributed by atoms with E-state index >= 15 is 0 Å². The molecule has 1 aliphatic carbocycles. The van der Waals surface area contributed by atoms with Gasteiger partial charge in [0.15, 0.2) is 0 Å². The molecule has 0 spiro atoms. The van der Waals surface area contributed by atoms with Gasteiger partial charge in [-0.3, -0.25) is 9.79 Å². The van der Waals surface area contributed by atoms with Crippen molar-refractivity contribution in [2.45, 2.75) is 51.9 Å². The molecule has 1 aromatic rings. The van der Waals surface area contributed by atoms with Gasteiger partial charge in [0.25, 0.3) is 0 Å². The van der Waals surface area contributed by atoms with E-state index in [4.69, 9.17) is 16.3 Å². The van der Waals surface area contributed by atoms with Crippen molar-refractivity contribution in [1.29, 1.82) is 0 Å². The van der Waals surface area contributed by atoms with Crippen LogP contribution in [0.2, 0.25) is 5.02 Å². The molecular formula is C19H24ClNO3. The van der Waals surface area contributed by atoms with Crippen molar-refractivity contribution in [3.63, 3.8) is 0 Å². The maximum absolute atomic E-state index is 11.9. The van der Waals surface area contributed by atoms with Gasteiger partial charge in [0.1, 0.15) is 5.78 Å². The van der Waals surface area contributed by atoms with Crippen LogP contribution >= 0.6 is 11.6 Å². The second-order valence-electron chi connectivity index (χ2n) is 6.18. The molecule has 1 saturated carbocycles. The summed E-state index contributed by atoms with van der Waals surface area (Å²) in [5.74, 6) is 0.0640. The Morgan fingerprint density at radius 2 is 2.17 bits per heavy atom. The van der Waals surface area contributed by atoms with Crippen molar-refractivity contribution < 1.29 is 14.3 Å². The van der Waals surface area contributed by atoms with E-state index in [0.717, 1.165) is 25.0 Å². The van der Waals surface area contributed by atoms with Crippen LogP contribution in [0.3, 0.4) is 0 Å². The number of carbonyl (C=O) groups excluding carboxylic acids is 2. The van der Waals surface area contributed by atoms with Gasteiger partial charge >= 0.3 is 5.97 Å². The van der Waals surface area contributed by atoms with E-state index in [2.05, 4.69) is 11.9 Å². The summed E-state index contributed by atoms with van der Waals surface area (Å²) in [6.45, 7) is 2.18. The van der Waals surface area contributed by atoms with Crippen molar-refractivity contribution in [1.82, 2.24) is 0 Å². The number of hydrogen-bond donors (Lipinski definition) is 0. The zero-order valence-electron chi connectivity index (χ0n) is 14.3.